The summed E-state index contributed by atoms with van der Waals surface area (Å²) < 4.78 is 59.5. The van der Waals surface area contributed by atoms with Crippen LogP contribution in [0, 0.1) is 5.82 Å². The third-order valence-electron chi connectivity index (χ3n) is 7.23. The minimum absolute atomic E-state index is 0.00333. The van der Waals surface area contributed by atoms with Crippen molar-refractivity contribution < 1.29 is 22.3 Å². The zero-order valence-corrected chi connectivity index (χ0v) is 19.5. The van der Waals surface area contributed by atoms with Gasteiger partial charge in [0.25, 0.3) is 10.2 Å². The van der Waals surface area contributed by atoms with Crippen LogP contribution in [-0.4, -0.2) is 64.7 Å². The molecule has 9 heteroatoms. The van der Waals surface area contributed by atoms with Crippen molar-refractivity contribution in [2.75, 3.05) is 19.6 Å². The summed E-state index contributed by atoms with van der Waals surface area (Å²) in [6.45, 7) is 1.07. The molecule has 2 atom stereocenters. The number of alkyl halides is 1. The molecule has 2 unspecified atom stereocenters. The topological polar surface area (TPSA) is 65.8 Å². The van der Waals surface area contributed by atoms with Crippen molar-refractivity contribution in [3.63, 3.8) is 0 Å². The van der Waals surface area contributed by atoms with Crippen LogP contribution in [0.15, 0.2) is 24.3 Å². The van der Waals surface area contributed by atoms with Crippen molar-refractivity contribution in [2.45, 2.75) is 69.8 Å². The summed E-state index contributed by atoms with van der Waals surface area (Å²) >= 11 is 0. The van der Waals surface area contributed by atoms with Gasteiger partial charge in [0.2, 0.25) is 0 Å². The highest BCUT2D eigenvalue weighted by Crippen LogP contribution is 2.33. The standard InChI is InChI=1S/C24H31F2N3O3S/c25-17-7-9-23-21(13-17)22-14-18(26)8-10-24(22)28(23)16-20(30)15-27-11-4-12-29(33(27,31)32)19-5-2-1-3-6-19/h7-10,13,18-20,30H,1-6,11-12,14-16H2. The van der Waals surface area contributed by atoms with Crippen molar-refractivity contribution in [3.05, 3.63) is 41.3 Å². The Morgan fingerprint density at radius 1 is 1.09 bits per heavy atom. The monoisotopic (exact) mass is 479 g/mol. The average molecular weight is 480 g/mol. The second-order valence-electron chi connectivity index (χ2n) is 9.49. The van der Waals surface area contributed by atoms with E-state index < -0.39 is 28.3 Å². The van der Waals surface area contributed by atoms with Crippen LogP contribution in [-0.2, 0) is 23.2 Å². The fraction of sp³-hybridized carbons (Fsp3) is 0.583. The Kier molecular flexibility index (Phi) is 6.32. The number of allylic oxidation sites excluding steroid dienone is 1. The number of aliphatic hydroxyl groups excluding tert-OH is 1. The van der Waals surface area contributed by atoms with E-state index in [9.17, 15) is 22.3 Å². The fourth-order valence-corrected chi connectivity index (χ4v) is 7.65. The first-order chi connectivity index (χ1) is 15.8. The lowest BCUT2D eigenvalue weighted by atomic mass is 9.95. The molecule has 1 N–H and O–H groups in total. The minimum atomic E-state index is -3.63. The SMILES string of the molecule is O=S1(=O)N(CC(O)Cn2c3c(c4cc(F)ccc42)CC(F)C=C3)CCCN1C1CCCCC1. The van der Waals surface area contributed by atoms with Gasteiger partial charge < -0.3 is 9.67 Å². The van der Waals surface area contributed by atoms with Gasteiger partial charge in [0.15, 0.2) is 0 Å². The second kappa shape index (κ2) is 9.09. The molecule has 1 aromatic carbocycles. The summed E-state index contributed by atoms with van der Waals surface area (Å²) in [5, 5.41) is 11.6. The number of benzene rings is 1. The molecule has 1 saturated carbocycles. The molecule has 180 valence electrons. The van der Waals surface area contributed by atoms with Crippen LogP contribution in [0.5, 0.6) is 0 Å². The Labute approximate surface area is 193 Å². The van der Waals surface area contributed by atoms with Crippen LogP contribution < -0.4 is 0 Å². The Balaban J connectivity index is 1.37. The van der Waals surface area contributed by atoms with Gasteiger partial charge in [0.1, 0.15) is 12.0 Å². The van der Waals surface area contributed by atoms with E-state index in [2.05, 4.69) is 0 Å². The number of aromatic nitrogens is 1. The normalized spacial score (nSPS) is 25.4. The van der Waals surface area contributed by atoms with Crippen LogP contribution in [0.4, 0.5) is 8.78 Å². The zero-order chi connectivity index (χ0) is 23.2. The summed E-state index contributed by atoms with van der Waals surface area (Å²) in [5.74, 6) is -0.393. The summed E-state index contributed by atoms with van der Waals surface area (Å²) in [4.78, 5) is 0. The summed E-state index contributed by atoms with van der Waals surface area (Å²) in [7, 11) is -3.63. The Morgan fingerprint density at radius 2 is 1.88 bits per heavy atom. The lowest BCUT2D eigenvalue weighted by Crippen LogP contribution is -2.55. The molecule has 0 bridgehead atoms. The number of fused-ring (bicyclic) bond motifs is 3. The van der Waals surface area contributed by atoms with Crippen LogP contribution >= 0.6 is 0 Å². The third kappa shape index (κ3) is 4.36. The lowest BCUT2D eigenvalue weighted by molar-refractivity contribution is 0.115. The first kappa shape index (κ1) is 23.0. The number of rotatable bonds is 5. The molecule has 0 spiro atoms. The van der Waals surface area contributed by atoms with Crippen LogP contribution in [0.25, 0.3) is 17.0 Å². The number of nitrogens with zero attached hydrogens (tertiary/aromatic N) is 3. The summed E-state index contributed by atoms with van der Waals surface area (Å²) in [6, 6.07) is 4.45. The van der Waals surface area contributed by atoms with Gasteiger partial charge in [-0.1, -0.05) is 19.3 Å². The Bertz CT molecular complexity index is 1160. The van der Waals surface area contributed by atoms with Gasteiger partial charge in [-0.2, -0.15) is 17.0 Å². The number of aliphatic hydroxyl groups is 1. The van der Waals surface area contributed by atoms with Crippen molar-refractivity contribution in [2.24, 2.45) is 0 Å². The predicted molar refractivity (Wildman–Crippen MR) is 124 cm³/mol. The highest BCUT2D eigenvalue weighted by molar-refractivity contribution is 7.86. The second-order valence-corrected chi connectivity index (χ2v) is 11.4. The maximum absolute atomic E-state index is 14.0. The minimum Gasteiger partial charge on any atom is -0.390 e. The molecule has 2 heterocycles. The van der Waals surface area contributed by atoms with Gasteiger partial charge in [-0.15, -0.1) is 0 Å². The summed E-state index contributed by atoms with van der Waals surface area (Å²) in [6.07, 6.45) is 7.03. The van der Waals surface area contributed by atoms with Gasteiger partial charge in [-0.25, -0.2) is 8.78 Å². The molecule has 2 aromatic rings. The van der Waals surface area contributed by atoms with E-state index in [4.69, 9.17) is 0 Å². The molecule has 33 heavy (non-hydrogen) atoms. The van der Waals surface area contributed by atoms with Crippen molar-refractivity contribution in [3.8, 4) is 0 Å². The molecule has 6 nitrogen and oxygen atoms in total. The quantitative estimate of drug-likeness (QED) is 0.712. The first-order valence-electron chi connectivity index (χ1n) is 11.9. The Hall–Kier alpha value is -1.81. The van der Waals surface area contributed by atoms with Gasteiger partial charge in [0.05, 0.1) is 12.6 Å². The fourth-order valence-electron chi connectivity index (χ4n) is 5.69. The maximum atomic E-state index is 14.0. The van der Waals surface area contributed by atoms with Crippen molar-refractivity contribution in [1.29, 1.82) is 0 Å². The van der Waals surface area contributed by atoms with E-state index in [-0.39, 0.29) is 25.6 Å². The summed E-state index contributed by atoms with van der Waals surface area (Å²) in [5.41, 5.74) is 2.18. The zero-order valence-electron chi connectivity index (χ0n) is 18.7. The van der Waals surface area contributed by atoms with E-state index >= 15 is 0 Å². The smallest absolute Gasteiger partial charge is 0.282 e. The van der Waals surface area contributed by atoms with E-state index in [0.29, 0.717) is 24.0 Å². The number of β-amino-alcohol motifs (C(OH)–C–C–N with tert-alkyl or cyclic N) is 1. The molecule has 1 saturated heterocycles. The van der Waals surface area contributed by atoms with Crippen LogP contribution in [0.3, 0.4) is 0 Å². The molecular weight excluding hydrogens is 448 g/mol. The molecule has 0 radical (unpaired) electrons. The van der Waals surface area contributed by atoms with Gasteiger partial charge >= 0.3 is 0 Å². The van der Waals surface area contributed by atoms with Gasteiger partial charge in [0, 0.05) is 48.7 Å². The van der Waals surface area contributed by atoms with Crippen LogP contribution in [0.2, 0.25) is 0 Å². The predicted octanol–water partition coefficient (Wildman–Crippen LogP) is 3.63. The van der Waals surface area contributed by atoms with E-state index in [1.807, 2.05) is 4.57 Å². The molecular formula is C24H31F2N3O3S. The van der Waals surface area contributed by atoms with Crippen molar-refractivity contribution >= 4 is 27.2 Å². The first-order valence-corrected chi connectivity index (χ1v) is 13.3. The molecule has 2 aliphatic carbocycles. The van der Waals surface area contributed by atoms with E-state index in [1.165, 1.54) is 22.5 Å². The molecule has 2 fully saturated rings. The molecule has 3 aliphatic rings. The number of hydrogen-bond acceptors (Lipinski definition) is 3. The largest absolute Gasteiger partial charge is 0.390 e. The van der Waals surface area contributed by atoms with Gasteiger partial charge in [-0.3, -0.25) is 0 Å². The third-order valence-corrected chi connectivity index (χ3v) is 9.29. The van der Waals surface area contributed by atoms with Crippen LogP contribution in [0.1, 0.15) is 49.8 Å². The van der Waals surface area contributed by atoms with Crippen molar-refractivity contribution in [1.82, 2.24) is 13.2 Å². The van der Waals surface area contributed by atoms with E-state index in [0.717, 1.165) is 49.8 Å². The number of hydrogen-bond donors (Lipinski definition) is 1. The highest BCUT2D eigenvalue weighted by atomic mass is 32.2. The molecule has 0 amide bonds. The molecule has 5 rings (SSSR count). The Morgan fingerprint density at radius 3 is 2.67 bits per heavy atom. The van der Waals surface area contributed by atoms with E-state index in [1.54, 1.807) is 16.4 Å². The lowest BCUT2D eigenvalue weighted by Gasteiger charge is -2.41. The maximum Gasteiger partial charge on any atom is 0.282 e. The molecule has 1 aliphatic heterocycles. The van der Waals surface area contributed by atoms with Gasteiger partial charge in [-0.05, 0) is 55.2 Å². The highest BCUT2D eigenvalue weighted by Gasteiger charge is 2.39. The molecule has 1 aromatic heterocycles. The average Bonchev–Trinajstić information content (AvgIpc) is 3.07. The number of halogens is 2.